The van der Waals surface area contributed by atoms with Crippen molar-refractivity contribution in [2.24, 2.45) is 0 Å². The van der Waals surface area contributed by atoms with E-state index in [0.717, 1.165) is 23.0 Å². The summed E-state index contributed by atoms with van der Waals surface area (Å²) in [6, 6.07) is 13.6. The Morgan fingerprint density at radius 2 is 1.92 bits per heavy atom. The van der Waals surface area contributed by atoms with E-state index >= 15 is 0 Å². The minimum Gasteiger partial charge on any atom is -0.361 e. The second-order valence-corrected chi connectivity index (χ2v) is 6.49. The van der Waals surface area contributed by atoms with Gasteiger partial charge >= 0.3 is 0 Å². The molecule has 0 atom stereocenters. The van der Waals surface area contributed by atoms with E-state index in [2.05, 4.69) is 21.3 Å². The van der Waals surface area contributed by atoms with Crippen LogP contribution in [-0.4, -0.2) is 29.9 Å². The van der Waals surface area contributed by atoms with Crippen molar-refractivity contribution < 1.29 is 4.79 Å². The van der Waals surface area contributed by atoms with E-state index in [9.17, 15) is 4.79 Å². The van der Waals surface area contributed by atoms with Crippen LogP contribution in [0.3, 0.4) is 0 Å². The summed E-state index contributed by atoms with van der Waals surface area (Å²) >= 11 is 6.26. The van der Waals surface area contributed by atoms with Crippen LogP contribution in [0, 0.1) is 0 Å². The number of hydrogen-bond acceptors (Lipinski definition) is 2. The molecule has 3 aromatic rings. The summed E-state index contributed by atoms with van der Waals surface area (Å²) in [5.74, 6) is -0.170. The van der Waals surface area contributed by atoms with Crippen LogP contribution in [0.25, 0.3) is 10.9 Å². The van der Waals surface area contributed by atoms with Crippen LogP contribution in [0.5, 0.6) is 0 Å². The van der Waals surface area contributed by atoms with E-state index in [1.54, 1.807) is 6.07 Å². The van der Waals surface area contributed by atoms with E-state index in [4.69, 9.17) is 11.6 Å². The Morgan fingerprint density at radius 3 is 2.67 bits per heavy atom. The van der Waals surface area contributed by atoms with E-state index in [-0.39, 0.29) is 5.91 Å². The lowest BCUT2D eigenvalue weighted by atomic mass is 10.1. The maximum absolute atomic E-state index is 12.5. The quantitative estimate of drug-likeness (QED) is 0.741. The number of aromatic amines is 1. The zero-order valence-corrected chi connectivity index (χ0v) is 14.5. The van der Waals surface area contributed by atoms with Crippen molar-refractivity contribution in [3.63, 3.8) is 0 Å². The van der Waals surface area contributed by atoms with Crippen molar-refractivity contribution in [2.75, 3.05) is 14.1 Å². The summed E-state index contributed by atoms with van der Waals surface area (Å²) in [6.07, 6.45) is 1.83. The maximum Gasteiger partial charge on any atom is 0.253 e. The summed E-state index contributed by atoms with van der Waals surface area (Å²) in [4.78, 5) is 17.7. The number of hydrogen-bond donors (Lipinski definition) is 2. The Balaban J connectivity index is 1.76. The lowest BCUT2D eigenvalue weighted by molar-refractivity contribution is 0.0951. The number of carbonyl (C=O) groups excluding carboxylic acids is 1. The molecule has 1 aromatic heterocycles. The highest BCUT2D eigenvalue weighted by molar-refractivity contribution is 6.34. The molecule has 0 saturated heterocycles. The number of H-pyrrole nitrogens is 1. The van der Waals surface area contributed by atoms with E-state index < -0.39 is 0 Å². The molecule has 2 aromatic carbocycles. The summed E-state index contributed by atoms with van der Waals surface area (Å²) in [5.41, 5.74) is 3.69. The van der Waals surface area contributed by atoms with Crippen LogP contribution in [0.4, 0.5) is 0 Å². The Morgan fingerprint density at radius 1 is 1.17 bits per heavy atom. The smallest absolute Gasteiger partial charge is 0.253 e. The second-order valence-electron chi connectivity index (χ2n) is 6.09. The van der Waals surface area contributed by atoms with Gasteiger partial charge in [0.25, 0.3) is 5.91 Å². The number of rotatable bonds is 5. The monoisotopic (exact) mass is 341 g/mol. The number of nitrogens with zero attached hydrogens (tertiary/aromatic N) is 1. The first-order valence-corrected chi connectivity index (χ1v) is 8.19. The van der Waals surface area contributed by atoms with Gasteiger partial charge in [0.1, 0.15) is 0 Å². The SMILES string of the molecule is CN(C)Cc1ccccc1CNC(=O)c1cc2[nH]ccc2cc1Cl. The lowest BCUT2D eigenvalue weighted by Crippen LogP contribution is -2.24. The minimum atomic E-state index is -0.170. The summed E-state index contributed by atoms with van der Waals surface area (Å²) in [5, 5.41) is 4.42. The number of nitrogens with one attached hydrogen (secondary N) is 2. The first-order valence-electron chi connectivity index (χ1n) is 7.81. The highest BCUT2D eigenvalue weighted by Gasteiger charge is 2.13. The summed E-state index contributed by atoms with van der Waals surface area (Å²) in [7, 11) is 4.06. The number of benzene rings is 2. The zero-order valence-electron chi connectivity index (χ0n) is 13.8. The Bertz CT molecular complexity index is 870. The molecule has 24 heavy (non-hydrogen) atoms. The molecule has 4 nitrogen and oxygen atoms in total. The van der Waals surface area contributed by atoms with Gasteiger partial charge in [0, 0.05) is 30.2 Å². The third kappa shape index (κ3) is 3.61. The standard InChI is InChI=1S/C19H20ClN3O/c1-23(2)12-15-6-4-3-5-14(15)11-22-19(24)16-10-18-13(7-8-21-18)9-17(16)20/h3-10,21H,11-12H2,1-2H3,(H,22,24). The molecule has 3 rings (SSSR count). The van der Waals surface area contributed by atoms with Gasteiger partial charge in [-0.1, -0.05) is 35.9 Å². The average molecular weight is 342 g/mol. The van der Waals surface area contributed by atoms with Crippen molar-refractivity contribution >= 4 is 28.4 Å². The Kier molecular flexibility index (Phi) is 4.88. The van der Waals surface area contributed by atoms with Crippen LogP contribution < -0.4 is 5.32 Å². The second kappa shape index (κ2) is 7.07. The minimum absolute atomic E-state index is 0.170. The highest BCUT2D eigenvalue weighted by Crippen LogP contribution is 2.23. The molecule has 0 aliphatic heterocycles. The zero-order chi connectivity index (χ0) is 17.1. The van der Waals surface area contributed by atoms with Crippen LogP contribution in [0.2, 0.25) is 5.02 Å². The molecule has 0 aliphatic carbocycles. The predicted molar refractivity (Wildman–Crippen MR) is 98.3 cm³/mol. The molecule has 0 fully saturated rings. The van der Waals surface area contributed by atoms with Gasteiger partial charge in [-0.2, -0.15) is 0 Å². The molecule has 1 amide bonds. The van der Waals surface area contributed by atoms with Crippen molar-refractivity contribution in [1.29, 1.82) is 0 Å². The van der Waals surface area contributed by atoms with Gasteiger partial charge in [0.2, 0.25) is 0 Å². The van der Waals surface area contributed by atoms with Gasteiger partial charge in [-0.3, -0.25) is 4.79 Å². The van der Waals surface area contributed by atoms with Crippen LogP contribution in [0.1, 0.15) is 21.5 Å². The molecule has 124 valence electrons. The highest BCUT2D eigenvalue weighted by atomic mass is 35.5. The van der Waals surface area contributed by atoms with Gasteiger partial charge in [-0.05, 0) is 43.4 Å². The average Bonchev–Trinajstić information content (AvgIpc) is 2.99. The van der Waals surface area contributed by atoms with Crippen molar-refractivity contribution in [3.8, 4) is 0 Å². The van der Waals surface area contributed by atoms with Gasteiger partial charge in [-0.25, -0.2) is 0 Å². The third-order valence-corrected chi connectivity index (χ3v) is 4.24. The molecule has 0 radical (unpaired) electrons. The molecule has 0 bridgehead atoms. The first kappa shape index (κ1) is 16.6. The van der Waals surface area contributed by atoms with Gasteiger partial charge in [0.05, 0.1) is 10.6 Å². The molecular formula is C19H20ClN3O. The number of carbonyl (C=O) groups is 1. The van der Waals surface area contributed by atoms with Crippen LogP contribution >= 0.6 is 11.6 Å². The molecule has 0 saturated carbocycles. The van der Waals surface area contributed by atoms with Crippen molar-refractivity contribution in [1.82, 2.24) is 15.2 Å². The molecule has 0 unspecified atom stereocenters. The fourth-order valence-corrected chi connectivity index (χ4v) is 3.00. The normalized spacial score (nSPS) is 11.2. The molecule has 0 spiro atoms. The number of amides is 1. The third-order valence-electron chi connectivity index (χ3n) is 3.93. The summed E-state index contributed by atoms with van der Waals surface area (Å²) in [6.45, 7) is 1.31. The maximum atomic E-state index is 12.5. The van der Waals surface area contributed by atoms with Gasteiger partial charge in [-0.15, -0.1) is 0 Å². The predicted octanol–water partition coefficient (Wildman–Crippen LogP) is 3.81. The number of aromatic nitrogens is 1. The van der Waals surface area contributed by atoms with E-state index in [0.29, 0.717) is 17.1 Å². The summed E-state index contributed by atoms with van der Waals surface area (Å²) < 4.78 is 0. The molecule has 0 aliphatic rings. The molecular weight excluding hydrogens is 322 g/mol. The largest absolute Gasteiger partial charge is 0.361 e. The molecule has 5 heteroatoms. The van der Waals surface area contributed by atoms with E-state index in [1.807, 2.05) is 50.6 Å². The molecule has 2 N–H and O–H groups in total. The van der Waals surface area contributed by atoms with Gasteiger partial charge < -0.3 is 15.2 Å². The Hall–Kier alpha value is -2.30. The molecule has 1 heterocycles. The van der Waals surface area contributed by atoms with Crippen molar-refractivity contribution in [3.05, 3.63) is 70.4 Å². The van der Waals surface area contributed by atoms with Gasteiger partial charge in [0.15, 0.2) is 0 Å². The topological polar surface area (TPSA) is 48.1 Å². The first-order chi connectivity index (χ1) is 11.5. The van der Waals surface area contributed by atoms with E-state index in [1.165, 1.54) is 5.56 Å². The lowest BCUT2D eigenvalue weighted by Gasteiger charge is -2.15. The fraction of sp³-hybridized carbons (Fsp3) is 0.211. The fourth-order valence-electron chi connectivity index (χ4n) is 2.74. The van der Waals surface area contributed by atoms with Crippen LogP contribution in [0.15, 0.2) is 48.7 Å². The number of fused-ring (bicyclic) bond motifs is 1. The van der Waals surface area contributed by atoms with Crippen LogP contribution in [-0.2, 0) is 13.1 Å². The van der Waals surface area contributed by atoms with Crippen molar-refractivity contribution in [2.45, 2.75) is 13.1 Å². The number of halogens is 1. The Labute approximate surface area is 146 Å².